The third kappa shape index (κ3) is 3.40. The van der Waals surface area contributed by atoms with Gasteiger partial charge in [0.2, 0.25) is 0 Å². The molecule has 1 aromatic heterocycles. The molecule has 0 bridgehead atoms. The van der Waals surface area contributed by atoms with Gasteiger partial charge < -0.3 is 4.42 Å². The molecule has 0 unspecified atom stereocenters. The van der Waals surface area contributed by atoms with Crippen LogP contribution in [0.1, 0.15) is 12.5 Å². The number of fused-ring (bicyclic) bond motifs is 1. The van der Waals surface area contributed by atoms with Crippen LogP contribution < -0.4 is 10.5 Å². The van der Waals surface area contributed by atoms with Gasteiger partial charge in [0, 0.05) is 22.7 Å². The summed E-state index contributed by atoms with van der Waals surface area (Å²) in [5.74, 6) is -0.527. The highest BCUT2D eigenvalue weighted by atomic mass is 35.5. The van der Waals surface area contributed by atoms with E-state index in [1.807, 2.05) is 0 Å². The van der Waals surface area contributed by atoms with Gasteiger partial charge in [-0.15, -0.1) is 0 Å². The highest BCUT2D eigenvalue weighted by molar-refractivity contribution is 7.92. The zero-order valence-corrected chi connectivity index (χ0v) is 15.7. The molecule has 25 heavy (non-hydrogen) atoms. The van der Waals surface area contributed by atoms with Crippen LogP contribution in [0.4, 0.5) is 5.69 Å². The van der Waals surface area contributed by atoms with E-state index in [2.05, 4.69) is 4.72 Å². The summed E-state index contributed by atoms with van der Waals surface area (Å²) in [6, 6.07) is 7.36. The molecule has 0 fully saturated rings. The largest absolute Gasteiger partial charge is 0.419 e. The molecule has 3 rings (SSSR count). The van der Waals surface area contributed by atoms with Gasteiger partial charge in [0.05, 0.1) is 16.1 Å². The number of benzene rings is 2. The molecule has 2 aromatic carbocycles. The molecule has 0 aliphatic rings. The van der Waals surface area contributed by atoms with Crippen LogP contribution in [0.5, 0.6) is 0 Å². The third-order valence-electron chi connectivity index (χ3n) is 3.69. The average Bonchev–Trinajstić information content (AvgIpc) is 2.79. The number of hydrogen-bond acceptors (Lipinski definition) is 4. The normalized spacial score (nSPS) is 11.8. The van der Waals surface area contributed by atoms with Crippen molar-refractivity contribution in [3.05, 3.63) is 56.5 Å². The Labute approximate surface area is 154 Å². The Morgan fingerprint density at radius 2 is 1.76 bits per heavy atom. The van der Waals surface area contributed by atoms with Crippen molar-refractivity contribution in [1.82, 2.24) is 4.57 Å². The van der Waals surface area contributed by atoms with Crippen molar-refractivity contribution in [1.29, 1.82) is 0 Å². The molecule has 9 heteroatoms. The van der Waals surface area contributed by atoms with E-state index in [-0.39, 0.29) is 16.2 Å². The minimum Gasteiger partial charge on any atom is -0.408 e. The number of halogens is 2. The number of aryl methyl sites for hydroxylation is 2. The number of oxazole rings is 1. The Hall–Kier alpha value is -1.96. The summed E-state index contributed by atoms with van der Waals surface area (Å²) in [5.41, 5.74) is 1.48. The van der Waals surface area contributed by atoms with Crippen LogP contribution in [-0.4, -0.2) is 13.0 Å². The van der Waals surface area contributed by atoms with Crippen LogP contribution >= 0.6 is 23.2 Å². The van der Waals surface area contributed by atoms with E-state index in [4.69, 9.17) is 27.6 Å². The van der Waals surface area contributed by atoms with Crippen LogP contribution in [0.3, 0.4) is 0 Å². The number of anilines is 1. The van der Waals surface area contributed by atoms with Crippen molar-refractivity contribution in [3.8, 4) is 0 Å². The Morgan fingerprint density at radius 1 is 1.12 bits per heavy atom. The Balaban J connectivity index is 2.10. The summed E-state index contributed by atoms with van der Waals surface area (Å²) in [5, 5.41) is 0.617. The predicted molar refractivity (Wildman–Crippen MR) is 98.2 cm³/mol. The molecule has 1 N–H and O–H groups in total. The molecule has 0 radical (unpaired) electrons. The number of aromatic nitrogens is 1. The molecule has 0 saturated heterocycles. The van der Waals surface area contributed by atoms with E-state index >= 15 is 0 Å². The molecular weight excluding hydrogens is 387 g/mol. The first-order valence-corrected chi connectivity index (χ1v) is 9.58. The van der Waals surface area contributed by atoms with Crippen molar-refractivity contribution in [2.75, 3.05) is 4.72 Å². The minimum absolute atomic E-state index is 0.00750. The fraction of sp³-hybridized carbons (Fsp3) is 0.188. The quantitative estimate of drug-likeness (QED) is 0.716. The summed E-state index contributed by atoms with van der Waals surface area (Å²) in [6.07, 6.45) is 0. The molecule has 0 saturated carbocycles. The maximum atomic E-state index is 12.7. The fourth-order valence-corrected chi connectivity index (χ4v) is 4.42. The Bertz CT molecular complexity index is 1110. The minimum atomic E-state index is -3.92. The zero-order valence-electron chi connectivity index (χ0n) is 13.3. The van der Waals surface area contributed by atoms with Crippen LogP contribution in [0.2, 0.25) is 10.0 Å². The van der Waals surface area contributed by atoms with Gasteiger partial charge in [-0.25, -0.2) is 13.2 Å². The molecule has 0 aliphatic heterocycles. The van der Waals surface area contributed by atoms with Crippen molar-refractivity contribution in [2.45, 2.75) is 25.3 Å². The molecule has 0 amide bonds. The van der Waals surface area contributed by atoms with E-state index < -0.39 is 15.8 Å². The molecule has 0 aliphatic carbocycles. The van der Waals surface area contributed by atoms with Gasteiger partial charge in [-0.2, -0.15) is 0 Å². The van der Waals surface area contributed by atoms with Crippen LogP contribution in [-0.2, 0) is 16.6 Å². The smallest absolute Gasteiger partial charge is 0.408 e. The van der Waals surface area contributed by atoms with E-state index in [0.717, 1.165) is 0 Å². The SMILES string of the molecule is CCn1c(=O)oc2cc(S(=O)(=O)Nc3cc(Cl)cc(Cl)c3)c(C)cc21. The molecule has 0 spiro atoms. The summed E-state index contributed by atoms with van der Waals surface area (Å²) in [7, 11) is -3.92. The van der Waals surface area contributed by atoms with Crippen molar-refractivity contribution in [3.63, 3.8) is 0 Å². The molecule has 132 valence electrons. The van der Waals surface area contributed by atoms with Gasteiger partial charge in [0.1, 0.15) is 0 Å². The van der Waals surface area contributed by atoms with Crippen molar-refractivity contribution in [2.24, 2.45) is 0 Å². The Morgan fingerprint density at radius 3 is 2.36 bits per heavy atom. The Kier molecular flexibility index (Phi) is 4.57. The monoisotopic (exact) mass is 400 g/mol. The van der Waals surface area contributed by atoms with Gasteiger partial charge in [0.15, 0.2) is 5.58 Å². The first-order chi connectivity index (χ1) is 11.7. The topological polar surface area (TPSA) is 81.3 Å². The molecule has 0 atom stereocenters. The first-order valence-electron chi connectivity index (χ1n) is 7.34. The van der Waals surface area contributed by atoms with E-state index in [1.54, 1.807) is 19.9 Å². The van der Waals surface area contributed by atoms with Gasteiger partial charge in [-0.05, 0) is 43.7 Å². The second-order valence-corrected chi connectivity index (χ2v) is 7.98. The summed E-state index contributed by atoms with van der Waals surface area (Å²) < 4.78 is 34.5. The highest BCUT2D eigenvalue weighted by Crippen LogP contribution is 2.27. The third-order valence-corrected chi connectivity index (χ3v) is 5.65. The van der Waals surface area contributed by atoms with E-state index in [1.165, 1.54) is 28.8 Å². The second-order valence-electron chi connectivity index (χ2n) is 5.46. The van der Waals surface area contributed by atoms with E-state index in [0.29, 0.717) is 27.7 Å². The summed E-state index contributed by atoms with van der Waals surface area (Å²) in [6.45, 7) is 3.88. The van der Waals surface area contributed by atoms with Crippen molar-refractivity contribution >= 4 is 50.0 Å². The standard InChI is InChI=1S/C16H14Cl2N2O4S/c1-3-20-13-4-9(2)15(8-14(13)24-16(20)21)25(22,23)19-12-6-10(17)5-11(18)7-12/h4-8,19H,3H2,1-2H3. The van der Waals surface area contributed by atoms with Gasteiger partial charge in [0.25, 0.3) is 10.0 Å². The lowest BCUT2D eigenvalue weighted by Gasteiger charge is -2.11. The van der Waals surface area contributed by atoms with Crippen LogP contribution in [0.25, 0.3) is 11.1 Å². The molecule has 3 aromatic rings. The zero-order chi connectivity index (χ0) is 18.4. The fourth-order valence-electron chi connectivity index (χ4n) is 2.61. The number of rotatable bonds is 4. The van der Waals surface area contributed by atoms with Gasteiger partial charge >= 0.3 is 5.76 Å². The average molecular weight is 401 g/mol. The lowest BCUT2D eigenvalue weighted by atomic mass is 10.2. The molecule has 1 heterocycles. The maximum Gasteiger partial charge on any atom is 0.419 e. The van der Waals surface area contributed by atoms with Crippen molar-refractivity contribution < 1.29 is 12.8 Å². The van der Waals surface area contributed by atoms with E-state index in [9.17, 15) is 13.2 Å². The number of nitrogens with zero attached hydrogens (tertiary/aromatic N) is 1. The summed E-state index contributed by atoms with van der Waals surface area (Å²) >= 11 is 11.8. The van der Waals surface area contributed by atoms with Crippen LogP contribution in [0.15, 0.2) is 44.4 Å². The van der Waals surface area contributed by atoms with Crippen LogP contribution in [0, 0.1) is 6.92 Å². The summed E-state index contributed by atoms with van der Waals surface area (Å²) in [4.78, 5) is 11.8. The molecule has 6 nitrogen and oxygen atoms in total. The van der Waals surface area contributed by atoms with Gasteiger partial charge in [-0.1, -0.05) is 23.2 Å². The highest BCUT2D eigenvalue weighted by Gasteiger charge is 2.21. The number of nitrogens with one attached hydrogen (secondary N) is 1. The van der Waals surface area contributed by atoms with Gasteiger partial charge in [-0.3, -0.25) is 9.29 Å². The number of sulfonamides is 1. The lowest BCUT2D eigenvalue weighted by molar-refractivity contribution is 0.512. The number of hydrogen-bond donors (Lipinski definition) is 1. The predicted octanol–water partition coefficient (Wildman–Crippen LogP) is 4.03. The molecular formula is C16H14Cl2N2O4S. The lowest BCUT2D eigenvalue weighted by Crippen LogP contribution is -2.14. The maximum absolute atomic E-state index is 12.7. The first kappa shape index (κ1) is 17.8. The second kappa shape index (κ2) is 6.40.